The van der Waals surface area contributed by atoms with Crippen LogP contribution >= 0.6 is 0 Å². The van der Waals surface area contributed by atoms with Crippen LogP contribution in [0.15, 0.2) is 127 Å². The van der Waals surface area contributed by atoms with Crippen molar-refractivity contribution in [2.45, 2.75) is 148 Å². The summed E-state index contributed by atoms with van der Waals surface area (Å²) in [4.78, 5) is 145. The molecule has 0 saturated carbocycles. The van der Waals surface area contributed by atoms with Crippen LogP contribution in [0.5, 0.6) is 11.5 Å². The molecule has 1 aliphatic rings. The first-order valence-electron chi connectivity index (χ1n) is 32.1. The highest BCUT2D eigenvalue weighted by Gasteiger charge is 2.32. The zero-order chi connectivity index (χ0) is 70.8. The van der Waals surface area contributed by atoms with Gasteiger partial charge in [-0.15, -0.1) is 0 Å². The maximum absolute atomic E-state index is 14.0. The molecular formula is C71H90N10O16. The van der Waals surface area contributed by atoms with E-state index in [0.29, 0.717) is 35.5 Å². The molecule has 0 aliphatic heterocycles. The molecule has 10 amide bonds. The van der Waals surface area contributed by atoms with Gasteiger partial charge in [-0.05, 0) is 137 Å². The molecule has 0 fully saturated rings. The van der Waals surface area contributed by atoms with Crippen LogP contribution < -0.4 is 62.6 Å². The average molecular weight is 1340 g/mol. The van der Waals surface area contributed by atoms with Gasteiger partial charge in [0.2, 0.25) is 47.3 Å². The summed E-state index contributed by atoms with van der Waals surface area (Å²) in [6.07, 6.45) is -1.01. The topological polar surface area (TPSA) is 365 Å². The van der Waals surface area contributed by atoms with E-state index < -0.39 is 139 Å². The molecule has 26 heteroatoms. The van der Waals surface area contributed by atoms with Gasteiger partial charge < -0.3 is 77.2 Å². The molecule has 1 aliphatic carbocycles. The summed E-state index contributed by atoms with van der Waals surface area (Å²) >= 11 is 0. The van der Waals surface area contributed by atoms with E-state index in [9.17, 15) is 57.8 Å². The number of rotatable bonds is 34. The van der Waals surface area contributed by atoms with E-state index in [2.05, 4.69) is 53.2 Å². The van der Waals surface area contributed by atoms with Crippen LogP contribution in [0.25, 0.3) is 11.1 Å². The van der Waals surface area contributed by atoms with E-state index in [4.69, 9.17) is 18.9 Å². The molecule has 0 unspecified atom stereocenters. The number of ether oxygens (including phenoxy) is 4. The first kappa shape index (κ1) is 75.5. The number of amides is 10. The first-order chi connectivity index (χ1) is 46.0. The Balaban J connectivity index is 1.01. The van der Waals surface area contributed by atoms with Gasteiger partial charge in [-0.1, -0.05) is 117 Å². The van der Waals surface area contributed by atoms with E-state index in [1.165, 1.54) is 6.92 Å². The van der Waals surface area contributed by atoms with Crippen LogP contribution in [0, 0.1) is 5.92 Å². The maximum Gasteiger partial charge on any atom is 0.407 e. The molecular weight excluding hydrogens is 1250 g/mol. The Morgan fingerprint density at radius 3 is 1.40 bits per heavy atom. The minimum absolute atomic E-state index is 0.00469. The van der Waals surface area contributed by atoms with Crippen molar-refractivity contribution < 1.29 is 76.8 Å². The van der Waals surface area contributed by atoms with E-state index in [0.717, 1.165) is 27.8 Å². The summed E-state index contributed by atoms with van der Waals surface area (Å²) in [7, 11) is 0. The lowest BCUT2D eigenvalue weighted by Crippen LogP contribution is -2.55. The molecule has 5 aromatic rings. The van der Waals surface area contributed by atoms with Crippen molar-refractivity contribution in [2.24, 2.45) is 5.92 Å². The number of carbonyl (C=O) groups is 11. The second kappa shape index (κ2) is 36.4. The molecule has 0 saturated heterocycles. The van der Waals surface area contributed by atoms with Gasteiger partial charge in [0.1, 0.15) is 66.1 Å². The number of aliphatic carboxylic acids is 1. The third-order valence-corrected chi connectivity index (χ3v) is 14.9. The number of unbranched alkanes of at least 4 members (excludes halogenated alkanes) is 1. The fraction of sp³-hybridized carbons (Fsp3) is 0.423. The molecule has 11 N–H and O–H groups in total. The van der Waals surface area contributed by atoms with Gasteiger partial charge in [0.25, 0.3) is 0 Å². The van der Waals surface area contributed by atoms with E-state index in [1.807, 2.05) is 120 Å². The van der Waals surface area contributed by atoms with Crippen molar-refractivity contribution in [1.82, 2.24) is 53.2 Å². The van der Waals surface area contributed by atoms with Crippen LogP contribution in [0.4, 0.5) is 9.59 Å². The molecule has 5 atom stereocenters. The van der Waals surface area contributed by atoms with E-state index >= 15 is 0 Å². The third-order valence-electron chi connectivity index (χ3n) is 14.9. The summed E-state index contributed by atoms with van der Waals surface area (Å²) in [5, 5.41) is 34.9. The number of benzene rings is 5. The second-order valence-corrected chi connectivity index (χ2v) is 25.7. The standard InChI is InChI=1S/C71H90N10O16/c1-43(2)62(81-69(93)95-42-54-52-23-15-13-21-50(52)51-22-14-16-24-53(51)54)66(89)76-37-58(82)73-38-60(84)78-56(35-45-26-30-48(31-27-45)96-70(4,5)6)65(88)75-40-61(85)79-57(36-46-28-32-49(33-29-46)97-71(7,8)9)64(87)74-39-59(83)77-44(3)63(86)80-55(67(90)91)25-17-18-34-72-68(92)94-41-47-19-11-10-12-20-47/h10-16,19-24,26-33,43-44,54-57,62H,17-18,25,34-42H2,1-9H3,(H,72,92)(H,73,82)(H,74,87)(H,75,88)(H,76,89)(H,77,83)(H,78,84)(H,79,85)(H,80,86)(H,81,93)(H,90,91)/t44-,55-,56-,57-,62-/m0/s1. The predicted molar refractivity (Wildman–Crippen MR) is 359 cm³/mol. The Bertz CT molecular complexity index is 3490. The van der Waals surface area contributed by atoms with E-state index in [-0.39, 0.29) is 44.9 Å². The van der Waals surface area contributed by atoms with Crippen LogP contribution in [0.2, 0.25) is 0 Å². The molecule has 0 aromatic heterocycles. The lowest BCUT2D eigenvalue weighted by atomic mass is 9.98. The summed E-state index contributed by atoms with van der Waals surface area (Å²) in [5.41, 5.74) is 5.02. The van der Waals surface area contributed by atoms with Crippen molar-refractivity contribution in [2.75, 3.05) is 39.3 Å². The van der Waals surface area contributed by atoms with Crippen molar-refractivity contribution >= 4 is 65.4 Å². The Labute approximate surface area is 564 Å². The highest BCUT2D eigenvalue weighted by molar-refractivity contribution is 5.96. The van der Waals surface area contributed by atoms with Crippen LogP contribution in [0.3, 0.4) is 0 Å². The molecule has 0 radical (unpaired) electrons. The van der Waals surface area contributed by atoms with Gasteiger partial charge in [0, 0.05) is 25.3 Å². The number of nitrogens with one attached hydrogen (secondary N) is 10. The molecule has 6 rings (SSSR count). The highest BCUT2D eigenvalue weighted by Crippen LogP contribution is 2.44. The summed E-state index contributed by atoms with van der Waals surface area (Å²) in [5.74, 6) is -7.33. The van der Waals surface area contributed by atoms with Gasteiger partial charge in [-0.3, -0.25) is 38.4 Å². The summed E-state index contributed by atoms with van der Waals surface area (Å²) < 4.78 is 22.7. The molecule has 520 valence electrons. The number of carboxylic acid groups (broad SMARTS) is 1. The normalized spacial score (nSPS) is 13.2. The van der Waals surface area contributed by atoms with Gasteiger partial charge in [0.05, 0.1) is 26.2 Å². The number of carbonyl (C=O) groups excluding carboxylic acids is 10. The lowest BCUT2D eigenvalue weighted by molar-refractivity contribution is -0.142. The van der Waals surface area contributed by atoms with Crippen LogP contribution in [-0.4, -0.2) is 151 Å². The smallest absolute Gasteiger partial charge is 0.407 e. The van der Waals surface area contributed by atoms with Gasteiger partial charge in [-0.2, -0.15) is 0 Å². The highest BCUT2D eigenvalue weighted by atomic mass is 16.6. The number of carboxylic acids is 1. The second-order valence-electron chi connectivity index (χ2n) is 25.7. The summed E-state index contributed by atoms with van der Waals surface area (Å²) in [6.45, 7) is 13.6. The molecule has 5 aromatic carbocycles. The fourth-order valence-corrected chi connectivity index (χ4v) is 10.2. The number of hydrogen-bond donors (Lipinski definition) is 11. The first-order valence-corrected chi connectivity index (χ1v) is 32.1. The molecule has 26 nitrogen and oxygen atoms in total. The monoisotopic (exact) mass is 1340 g/mol. The zero-order valence-corrected chi connectivity index (χ0v) is 56.2. The minimum atomic E-state index is -1.36. The predicted octanol–water partition coefficient (Wildman–Crippen LogP) is 4.99. The average Bonchev–Trinajstić information content (AvgIpc) is 1.62. The Morgan fingerprint density at radius 2 is 0.907 bits per heavy atom. The van der Waals surface area contributed by atoms with Crippen LogP contribution in [-0.2, 0) is 72.1 Å². The molecule has 0 spiro atoms. The van der Waals surface area contributed by atoms with Crippen molar-refractivity contribution in [3.63, 3.8) is 0 Å². The lowest BCUT2D eigenvalue weighted by Gasteiger charge is -2.23. The molecule has 0 bridgehead atoms. The van der Waals surface area contributed by atoms with Crippen LogP contribution in [0.1, 0.15) is 115 Å². The third kappa shape index (κ3) is 26.0. The van der Waals surface area contributed by atoms with E-state index in [1.54, 1.807) is 62.4 Å². The minimum Gasteiger partial charge on any atom is -0.488 e. The number of fused-ring (bicyclic) bond motifs is 3. The van der Waals surface area contributed by atoms with Crippen molar-refractivity contribution in [3.05, 3.63) is 155 Å². The molecule has 0 heterocycles. The quantitative estimate of drug-likeness (QED) is 0.0242. The summed E-state index contributed by atoms with van der Waals surface area (Å²) in [6, 6.07) is 31.9. The Hall–Kier alpha value is -10.5. The Kier molecular flexibility index (Phi) is 28.3. The van der Waals surface area contributed by atoms with Gasteiger partial charge in [0.15, 0.2) is 0 Å². The van der Waals surface area contributed by atoms with Crippen molar-refractivity contribution in [3.8, 4) is 22.6 Å². The number of hydrogen-bond acceptors (Lipinski definition) is 15. The van der Waals surface area contributed by atoms with Crippen molar-refractivity contribution in [1.29, 1.82) is 0 Å². The largest absolute Gasteiger partial charge is 0.488 e. The fourth-order valence-electron chi connectivity index (χ4n) is 10.2. The Morgan fingerprint density at radius 1 is 0.443 bits per heavy atom. The van der Waals surface area contributed by atoms with Gasteiger partial charge in [-0.25, -0.2) is 14.4 Å². The van der Waals surface area contributed by atoms with Gasteiger partial charge >= 0.3 is 18.2 Å². The zero-order valence-electron chi connectivity index (χ0n) is 56.2. The maximum atomic E-state index is 14.0. The number of alkyl carbamates (subject to hydrolysis) is 2. The SMILES string of the molecule is CC(C)[C@H](NC(=O)OCC1c2ccccc2-c2ccccc21)C(=O)NCC(=O)NCC(=O)N[C@@H](Cc1ccc(OC(C)(C)C)cc1)C(=O)NCC(=O)N[C@@H](Cc1ccc(OC(C)(C)C)cc1)C(=O)NCC(=O)N[C@@H](C)C(=O)N[C@@H](CCCCNC(=O)OCc1ccccc1)C(=O)O. The molecule has 97 heavy (non-hydrogen) atoms.